The highest BCUT2D eigenvalue weighted by Gasteiger charge is 2.25. The number of hydrogen-bond acceptors (Lipinski definition) is 2. The van der Waals surface area contributed by atoms with Crippen LogP contribution in [-0.2, 0) is 0 Å². The molecule has 12 aromatic carbocycles. The molecule has 0 aliphatic carbocycles. The summed E-state index contributed by atoms with van der Waals surface area (Å²) in [6.45, 7) is 8.10. The minimum absolute atomic E-state index is 0.619. The third-order valence-corrected chi connectivity index (χ3v) is 16.5. The first-order valence-corrected chi connectivity index (χ1v) is 28.0. The van der Waals surface area contributed by atoms with Crippen molar-refractivity contribution in [3.05, 3.63) is 303 Å². The van der Waals surface area contributed by atoms with E-state index in [1.54, 1.807) is 0 Å². The van der Waals surface area contributed by atoms with Crippen molar-refractivity contribution in [2.24, 2.45) is 0 Å². The number of aromatic nitrogens is 5. The highest BCUT2D eigenvalue weighted by Crippen LogP contribution is 2.46. The van der Waals surface area contributed by atoms with Gasteiger partial charge in [-0.05, 0) is 107 Å². The van der Waals surface area contributed by atoms with Gasteiger partial charge in [0.25, 0.3) is 0 Å². The Balaban J connectivity index is 0.996. The third kappa shape index (κ3) is 7.86. The maximum atomic E-state index is 8.10. The second kappa shape index (κ2) is 19.5. The van der Waals surface area contributed by atoms with Gasteiger partial charge in [-0.25, -0.2) is 14.8 Å². The average Bonchev–Trinajstić information content (AvgIpc) is 2.58. The van der Waals surface area contributed by atoms with Crippen LogP contribution in [0.5, 0.6) is 0 Å². The van der Waals surface area contributed by atoms with Crippen molar-refractivity contribution in [2.75, 3.05) is 0 Å². The van der Waals surface area contributed by atoms with E-state index in [2.05, 4.69) is 273 Å². The number of hydrogen-bond donors (Lipinski definition) is 0. The summed E-state index contributed by atoms with van der Waals surface area (Å²) in [5.41, 5.74) is 21.1. The maximum absolute atomic E-state index is 8.10. The van der Waals surface area contributed by atoms with E-state index >= 15 is 0 Å². The molecule has 6 heteroatoms. The van der Waals surface area contributed by atoms with Gasteiger partial charge in [0, 0.05) is 71.5 Å². The second-order valence-corrected chi connectivity index (χ2v) is 21.2. The summed E-state index contributed by atoms with van der Waals surface area (Å²) in [6.07, 6.45) is 0. The molecule has 16 rings (SSSR count). The van der Waals surface area contributed by atoms with Gasteiger partial charge in [-0.1, -0.05) is 206 Å². The van der Waals surface area contributed by atoms with Crippen LogP contribution in [0.15, 0.2) is 291 Å². The molecule has 0 aliphatic rings. The first kappa shape index (κ1) is 47.6. The van der Waals surface area contributed by atoms with Crippen LogP contribution in [0.1, 0.15) is 0 Å². The fourth-order valence-electron chi connectivity index (χ4n) is 12.7. The fourth-order valence-corrected chi connectivity index (χ4v) is 12.7. The normalized spacial score (nSPS) is 11.6. The Morgan fingerprint density at radius 3 is 1.10 bits per heavy atom. The molecule has 0 fully saturated rings. The van der Waals surface area contributed by atoms with Crippen LogP contribution in [0.3, 0.4) is 0 Å². The summed E-state index contributed by atoms with van der Waals surface area (Å²) in [7, 11) is 0. The first-order valence-electron chi connectivity index (χ1n) is 28.0. The van der Waals surface area contributed by atoms with Gasteiger partial charge in [-0.15, -0.1) is 0 Å². The Hall–Kier alpha value is -11.4. The van der Waals surface area contributed by atoms with Gasteiger partial charge in [0.05, 0.1) is 56.7 Å². The third-order valence-electron chi connectivity index (χ3n) is 16.5. The number of nitrogens with zero attached hydrogens (tertiary/aromatic N) is 6. The lowest BCUT2D eigenvalue weighted by Gasteiger charge is -2.22. The number of fused-ring (bicyclic) bond motifs is 9. The maximum Gasteiger partial charge on any atom is 0.194 e. The van der Waals surface area contributed by atoms with Crippen LogP contribution in [-0.4, -0.2) is 23.7 Å². The minimum Gasteiger partial charge on any atom is -0.309 e. The lowest BCUT2D eigenvalue weighted by Crippen LogP contribution is -2.03. The Labute approximate surface area is 479 Å². The smallest absolute Gasteiger partial charge is 0.194 e. The van der Waals surface area contributed by atoms with Gasteiger partial charge in [-0.2, -0.15) is 0 Å². The van der Waals surface area contributed by atoms with Crippen molar-refractivity contribution in [3.63, 3.8) is 0 Å². The molecule has 4 heterocycles. The molecule has 0 saturated carbocycles. The molecule has 4 aromatic heterocycles. The van der Waals surface area contributed by atoms with Gasteiger partial charge >= 0.3 is 0 Å². The molecular weight excluding hydrogens is 1010 g/mol. The van der Waals surface area contributed by atoms with E-state index in [4.69, 9.17) is 16.5 Å². The van der Waals surface area contributed by atoms with E-state index in [9.17, 15) is 0 Å². The Kier molecular flexibility index (Phi) is 11.2. The fraction of sp³-hybridized carbons (Fsp3) is 0. The average molecular weight is 1060 g/mol. The zero-order chi connectivity index (χ0) is 55.0. The molecule has 386 valence electrons. The van der Waals surface area contributed by atoms with E-state index in [0.717, 1.165) is 122 Å². The highest BCUT2D eigenvalue weighted by molar-refractivity contribution is 6.13. The first-order chi connectivity index (χ1) is 41.1. The lowest BCUT2D eigenvalue weighted by molar-refractivity contribution is 1.16. The van der Waals surface area contributed by atoms with E-state index in [1.807, 2.05) is 36.4 Å². The lowest BCUT2D eigenvalue weighted by atomic mass is 9.92. The number of para-hydroxylation sites is 6. The van der Waals surface area contributed by atoms with Crippen molar-refractivity contribution in [3.8, 4) is 84.3 Å². The number of benzene rings is 12. The molecule has 0 atom stereocenters. The van der Waals surface area contributed by atoms with Crippen molar-refractivity contribution in [2.45, 2.75) is 0 Å². The minimum atomic E-state index is 0.619. The predicted octanol–water partition coefficient (Wildman–Crippen LogP) is 20.3. The van der Waals surface area contributed by atoms with Crippen LogP contribution in [0, 0.1) is 6.57 Å². The Bertz CT molecular complexity index is 4910. The van der Waals surface area contributed by atoms with E-state index in [-0.39, 0.29) is 0 Å². The van der Waals surface area contributed by atoms with Crippen molar-refractivity contribution >= 4 is 71.1 Å². The van der Waals surface area contributed by atoms with Crippen molar-refractivity contribution in [1.82, 2.24) is 23.7 Å². The molecular formula is C77H48N6. The SMILES string of the molecule is [C-]#[N+]c1ccccc1-c1ccc2c(c1)c1ccccc1n2-c1c(-c2ccc(-n3c4ccccc4c4ccccc43)cc2)cc(-c2nc(-c3ccccc3)cc(-c3ccccc3)n2)cc1-c1ccc(-n2c3ccccc3c3ccccc32)cc1. The van der Waals surface area contributed by atoms with Crippen LogP contribution in [0.25, 0.3) is 155 Å². The van der Waals surface area contributed by atoms with Crippen LogP contribution in [0.2, 0.25) is 0 Å². The molecule has 16 aromatic rings. The van der Waals surface area contributed by atoms with E-state index in [0.29, 0.717) is 11.5 Å². The predicted molar refractivity (Wildman–Crippen MR) is 344 cm³/mol. The standard InChI is InChI=1S/C77H48N6/c1-78-67-30-14-8-24-58(67)54-40-45-75-66(46-54)63-29-13-19-35-74(63)83(75)76-64(50-36-41-56(42-37-50)81-70-31-15-9-25-59(70)60-26-10-16-32-71(60)81)47-55(77-79-68(52-20-4-2-5-21-52)49-69(80-77)53-22-6-3-7-23-53)48-65(76)51-38-43-57(44-39-51)82-72-33-17-11-27-61(72)62-28-12-18-34-73(62)82/h2-49H. The quantitative estimate of drug-likeness (QED) is 0.135. The summed E-state index contributed by atoms with van der Waals surface area (Å²) in [4.78, 5) is 14.9. The van der Waals surface area contributed by atoms with Crippen LogP contribution in [0.4, 0.5) is 5.69 Å². The Morgan fingerprint density at radius 2 is 0.639 bits per heavy atom. The molecule has 0 radical (unpaired) electrons. The molecule has 0 amide bonds. The Morgan fingerprint density at radius 1 is 0.265 bits per heavy atom. The highest BCUT2D eigenvalue weighted by atomic mass is 15.0. The molecule has 0 N–H and O–H groups in total. The summed E-state index contributed by atoms with van der Waals surface area (Å²) >= 11 is 0. The summed E-state index contributed by atoms with van der Waals surface area (Å²) in [5, 5.41) is 7.08. The molecule has 0 unspecified atom stereocenters. The molecule has 0 saturated heterocycles. The summed E-state index contributed by atoms with van der Waals surface area (Å²) < 4.78 is 7.21. The van der Waals surface area contributed by atoms with Gasteiger partial charge in [-0.3, -0.25) is 0 Å². The van der Waals surface area contributed by atoms with Crippen LogP contribution >= 0.6 is 0 Å². The van der Waals surface area contributed by atoms with Crippen LogP contribution < -0.4 is 0 Å². The topological polar surface area (TPSA) is 44.9 Å². The monoisotopic (exact) mass is 1060 g/mol. The number of rotatable bonds is 9. The molecule has 0 spiro atoms. The molecule has 83 heavy (non-hydrogen) atoms. The van der Waals surface area contributed by atoms with Crippen molar-refractivity contribution < 1.29 is 0 Å². The zero-order valence-electron chi connectivity index (χ0n) is 44.9. The summed E-state index contributed by atoms with van der Waals surface area (Å²) in [5.74, 6) is 0.619. The molecule has 0 bridgehead atoms. The van der Waals surface area contributed by atoms with Gasteiger partial charge < -0.3 is 13.7 Å². The van der Waals surface area contributed by atoms with Gasteiger partial charge in [0.15, 0.2) is 11.5 Å². The summed E-state index contributed by atoms with van der Waals surface area (Å²) in [6, 6.07) is 104. The largest absolute Gasteiger partial charge is 0.309 e. The second-order valence-electron chi connectivity index (χ2n) is 21.2. The molecule has 0 aliphatic heterocycles. The van der Waals surface area contributed by atoms with E-state index < -0.39 is 0 Å². The van der Waals surface area contributed by atoms with E-state index in [1.165, 1.54) is 21.5 Å². The van der Waals surface area contributed by atoms with Crippen molar-refractivity contribution in [1.29, 1.82) is 0 Å². The zero-order valence-corrected chi connectivity index (χ0v) is 44.9. The van der Waals surface area contributed by atoms with Gasteiger partial charge in [0.1, 0.15) is 0 Å². The van der Waals surface area contributed by atoms with Gasteiger partial charge in [0.2, 0.25) is 0 Å². The molecule has 6 nitrogen and oxygen atoms in total.